The Balaban J connectivity index is 1.23. The summed E-state index contributed by atoms with van der Waals surface area (Å²) in [5.41, 5.74) is 2.20. The average molecular weight is 603 g/mol. The van der Waals surface area contributed by atoms with Gasteiger partial charge >= 0.3 is 5.97 Å². The van der Waals surface area contributed by atoms with Crippen LogP contribution < -0.4 is 0 Å². The highest BCUT2D eigenvalue weighted by molar-refractivity contribution is 5.87. The number of carbonyl (C=O) groups excluding carboxylic acids is 2. The lowest BCUT2D eigenvalue weighted by atomic mass is 9.32. The fraction of sp³-hybridized carbons (Fsp3) is 0.692. The largest absolute Gasteiger partial charge is 0.504 e. The second kappa shape index (κ2) is 10.5. The van der Waals surface area contributed by atoms with Crippen LogP contribution in [-0.4, -0.2) is 28.6 Å². The number of ether oxygens (including phenoxy) is 1. The first kappa shape index (κ1) is 31.4. The van der Waals surface area contributed by atoms with E-state index in [2.05, 4.69) is 48.1 Å². The number of benzene rings is 1. The molecule has 6 rings (SSSR count). The Bertz CT molecular complexity index is 1380. The number of carbonyl (C=O) groups is 2. The molecule has 5 saturated carbocycles. The smallest absolute Gasteiger partial charge is 0.331 e. The zero-order valence-electron chi connectivity index (χ0n) is 27.8. The molecule has 5 fully saturated rings. The van der Waals surface area contributed by atoms with Crippen molar-refractivity contribution in [3.8, 4) is 11.5 Å². The first-order chi connectivity index (χ1) is 20.6. The first-order valence-corrected chi connectivity index (χ1v) is 17.2. The molecule has 0 aliphatic heterocycles. The molecule has 5 aliphatic rings. The molecule has 1 aromatic rings. The molecule has 0 aromatic heterocycles. The zero-order chi connectivity index (χ0) is 31.9. The molecule has 0 heterocycles. The van der Waals surface area contributed by atoms with Crippen LogP contribution in [0.5, 0.6) is 11.5 Å². The van der Waals surface area contributed by atoms with Crippen LogP contribution in [0.3, 0.4) is 0 Å². The van der Waals surface area contributed by atoms with Gasteiger partial charge < -0.3 is 19.7 Å². The highest BCUT2D eigenvalue weighted by Crippen LogP contribution is 2.77. The molecule has 0 saturated heterocycles. The third kappa shape index (κ3) is 4.37. The van der Waals surface area contributed by atoms with Crippen LogP contribution in [0.1, 0.15) is 111 Å². The van der Waals surface area contributed by atoms with Crippen molar-refractivity contribution in [3.05, 3.63) is 42.0 Å². The number of esters is 1. The molecule has 5 nitrogen and oxygen atoms in total. The number of aldehydes is 1. The van der Waals surface area contributed by atoms with Crippen molar-refractivity contribution in [1.82, 2.24) is 0 Å². The van der Waals surface area contributed by atoms with Gasteiger partial charge in [0.05, 0.1) is 0 Å². The van der Waals surface area contributed by atoms with Gasteiger partial charge in [0.25, 0.3) is 0 Å². The van der Waals surface area contributed by atoms with E-state index in [9.17, 15) is 19.8 Å². The van der Waals surface area contributed by atoms with Crippen LogP contribution in [0.4, 0.5) is 0 Å². The normalized spacial score (nSPS) is 44.1. The Morgan fingerprint density at radius 2 is 1.64 bits per heavy atom. The molecular formula is C39H54O5. The summed E-state index contributed by atoms with van der Waals surface area (Å²) >= 11 is 0. The molecule has 1 aromatic carbocycles. The minimum absolute atomic E-state index is 0.151. The number of phenols is 2. The van der Waals surface area contributed by atoms with E-state index < -0.39 is 0 Å². The van der Waals surface area contributed by atoms with E-state index in [1.165, 1.54) is 49.3 Å². The average Bonchev–Trinajstić information content (AvgIpc) is 3.36. The molecule has 10 atom stereocenters. The molecule has 2 N–H and O–H groups in total. The van der Waals surface area contributed by atoms with Crippen molar-refractivity contribution in [2.75, 3.05) is 0 Å². The van der Waals surface area contributed by atoms with Gasteiger partial charge in [0, 0.05) is 16.9 Å². The van der Waals surface area contributed by atoms with E-state index in [0.29, 0.717) is 35.2 Å². The molecule has 0 radical (unpaired) electrons. The lowest BCUT2D eigenvalue weighted by Gasteiger charge is -2.72. The number of allylic oxidation sites excluding steroid dienone is 1. The van der Waals surface area contributed by atoms with Crippen molar-refractivity contribution in [3.63, 3.8) is 0 Å². The van der Waals surface area contributed by atoms with Crippen molar-refractivity contribution >= 4 is 18.3 Å². The van der Waals surface area contributed by atoms with Crippen LogP contribution in [0, 0.1) is 56.7 Å². The predicted molar refractivity (Wildman–Crippen MR) is 174 cm³/mol. The minimum atomic E-state index is -0.364. The molecule has 240 valence electrons. The summed E-state index contributed by atoms with van der Waals surface area (Å²) in [5.74, 6) is 1.79. The Morgan fingerprint density at radius 1 is 0.886 bits per heavy atom. The van der Waals surface area contributed by atoms with Gasteiger partial charge in [-0.3, -0.25) is 0 Å². The Labute approximate surface area is 264 Å². The van der Waals surface area contributed by atoms with Gasteiger partial charge in [0.15, 0.2) is 11.5 Å². The minimum Gasteiger partial charge on any atom is -0.504 e. The number of fused-ring (bicyclic) bond motifs is 7. The summed E-state index contributed by atoms with van der Waals surface area (Å²) in [6, 6.07) is 4.49. The summed E-state index contributed by atoms with van der Waals surface area (Å²) in [4.78, 5) is 25.7. The standard InChI is InChI=1S/C39H54O5/c1-24(2)26-14-19-39(23-40)21-20-37(6)27(34(26)39)10-12-31-36(5)17-16-32(35(3,4)30(36)15-18-38(31,37)7)44-33(43)13-9-25-8-11-28(41)29(42)22-25/h8-9,11,13,22-23,26-27,30-32,34,41-42H,1,10,12,14-21H2,2-7H3/b13-9+/t26-,27+,30-,31+,32-,34+,36-,37+,38+,39+/m0/s1. The number of hydrogen-bond donors (Lipinski definition) is 2. The van der Waals surface area contributed by atoms with Crippen LogP contribution in [-0.2, 0) is 14.3 Å². The molecule has 0 bridgehead atoms. The second-order valence-corrected chi connectivity index (χ2v) is 16.9. The van der Waals surface area contributed by atoms with Gasteiger partial charge in [-0.15, -0.1) is 0 Å². The first-order valence-electron chi connectivity index (χ1n) is 17.2. The lowest BCUT2D eigenvalue weighted by Crippen LogP contribution is -2.66. The van der Waals surface area contributed by atoms with E-state index in [0.717, 1.165) is 44.9 Å². The monoisotopic (exact) mass is 602 g/mol. The highest BCUT2D eigenvalue weighted by Gasteiger charge is 2.71. The molecule has 0 unspecified atom stereocenters. The Hall–Kier alpha value is -2.56. The lowest BCUT2D eigenvalue weighted by molar-refractivity contribution is -0.247. The van der Waals surface area contributed by atoms with E-state index >= 15 is 0 Å². The van der Waals surface area contributed by atoms with Crippen molar-refractivity contribution < 1.29 is 24.5 Å². The van der Waals surface area contributed by atoms with Gasteiger partial charge in [0.1, 0.15) is 12.4 Å². The zero-order valence-corrected chi connectivity index (χ0v) is 27.8. The summed E-state index contributed by atoms with van der Waals surface area (Å²) in [6.45, 7) is 19.0. The van der Waals surface area contributed by atoms with E-state index in [-0.39, 0.29) is 50.6 Å². The predicted octanol–water partition coefficient (Wildman–Crippen LogP) is 8.88. The van der Waals surface area contributed by atoms with Crippen LogP contribution >= 0.6 is 0 Å². The highest BCUT2D eigenvalue weighted by atomic mass is 16.5. The van der Waals surface area contributed by atoms with Crippen molar-refractivity contribution in [2.45, 2.75) is 112 Å². The van der Waals surface area contributed by atoms with E-state index in [1.807, 2.05) is 0 Å². The summed E-state index contributed by atoms with van der Waals surface area (Å²) < 4.78 is 6.17. The number of hydrogen-bond acceptors (Lipinski definition) is 5. The SMILES string of the molecule is C=C(C)[C@@H]1CC[C@]2(C=O)CC[C@]3(C)[C@H](CC[C@@H]4[C@@]5(C)CC[C@H](OC(=O)/C=C/c6ccc(O)c(O)c6)C(C)(C)[C@@H]5CC[C@]43C)[C@@H]12. The van der Waals surface area contributed by atoms with Crippen molar-refractivity contribution in [2.24, 2.45) is 56.7 Å². The van der Waals surface area contributed by atoms with E-state index in [1.54, 1.807) is 12.1 Å². The van der Waals surface area contributed by atoms with Crippen LogP contribution in [0.2, 0.25) is 0 Å². The topological polar surface area (TPSA) is 83.8 Å². The molecular weight excluding hydrogens is 548 g/mol. The fourth-order valence-corrected chi connectivity index (χ4v) is 12.6. The van der Waals surface area contributed by atoms with E-state index in [4.69, 9.17) is 4.74 Å². The van der Waals surface area contributed by atoms with Gasteiger partial charge in [-0.2, -0.15) is 0 Å². The summed E-state index contributed by atoms with van der Waals surface area (Å²) in [7, 11) is 0. The maximum absolute atomic E-state index is 13.0. The number of rotatable bonds is 5. The van der Waals surface area contributed by atoms with Crippen LogP contribution in [0.15, 0.2) is 36.4 Å². The third-order valence-electron chi connectivity index (χ3n) is 15.0. The van der Waals surface area contributed by atoms with Gasteiger partial charge in [0.2, 0.25) is 0 Å². The summed E-state index contributed by atoms with van der Waals surface area (Å²) in [5, 5.41) is 19.4. The molecule has 5 aliphatic carbocycles. The molecule has 5 heteroatoms. The quantitative estimate of drug-likeness (QED) is 0.116. The van der Waals surface area contributed by atoms with Crippen molar-refractivity contribution in [1.29, 1.82) is 0 Å². The Morgan fingerprint density at radius 3 is 2.32 bits per heavy atom. The summed E-state index contributed by atoms with van der Waals surface area (Å²) in [6.07, 6.45) is 15.3. The molecule has 0 spiro atoms. The molecule has 44 heavy (non-hydrogen) atoms. The Kier molecular flexibility index (Phi) is 7.49. The fourth-order valence-electron chi connectivity index (χ4n) is 12.6. The molecule has 0 amide bonds. The maximum atomic E-state index is 13.0. The van der Waals surface area contributed by atoms with Crippen LogP contribution in [0.25, 0.3) is 6.08 Å². The van der Waals surface area contributed by atoms with Gasteiger partial charge in [-0.25, -0.2) is 4.79 Å². The second-order valence-electron chi connectivity index (χ2n) is 16.9. The number of phenolic OH excluding ortho intramolecular Hbond substituents is 2. The number of aromatic hydroxyl groups is 2. The maximum Gasteiger partial charge on any atom is 0.331 e. The third-order valence-corrected chi connectivity index (χ3v) is 15.0. The van der Waals surface area contributed by atoms with Gasteiger partial charge in [-0.05, 0) is 141 Å². The van der Waals surface area contributed by atoms with Gasteiger partial charge in [-0.1, -0.05) is 52.8 Å².